The predicted molar refractivity (Wildman–Crippen MR) is 66.0 cm³/mol. The molecule has 0 bridgehead atoms. The third-order valence-electron chi connectivity index (χ3n) is 3.29. The topological polar surface area (TPSA) is 62.2 Å². The van der Waals surface area contributed by atoms with Gasteiger partial charge in [-0.2, -0.15) is 0 Å². The van der Waals surface area contributed by atoms with Crippen LogP contribution in [0.1, 0.15) is 31.4 Å². The molecule has 1 aliphatic carbocycles. The van der Waals surface area contributed by atoms with Crippen LogP contribution in [-0.2, 0) is 4.79 Å². The molecule has 4 heteroatoms. The lowest BCUT2D eigenvalue weighted by molar-refractivity contribution is -0.142. The van der Waals surface area contributed by atoms with Crippen LogP contribution in [0.25, 0.3) is 0 Å². The number of nitrogens with one attached hydrogen (secondary N) is 1. The zero-order chi connectivity index (χ0) is 12.3. The molecule has 0 aromatic carbocycles. The summed E-state index contributed by atoms with van der Waals surface area (Å²) >= 11 is 0. The van der Waals surface area contributed by atoms with Crippen LogP contribution in [0.3, 0.4) is 0 Å². The second kappa shape index (κ2) is 5.17. The van der Waals surface area contributed by atoms with E-state index in [1.165, 1.54) is 0 Å². The largest absolute Gasteiger partial charge is 0.481 e. The fourth-order valence-corrected chi connectivity index (χ4v) is 2.42. The second-order valence-corrected chi connectivity index (χ2v) is 4.73. The molecule has 1 fully saturated rings. The van der Waals surface area contributed by atoms with Crippen LogP contribution in [0.5, 0.6) is 0 Å². The van der Waals surface area contributed by atoms with Crippen LogP contribution in [0.4, 0.5) is 5.69 Å². The van der Waals surface area contributed by atoms with E-state index in [0.717, 1.165) is 37.1 Å². The number of carbonyl (C=O) groups is 1. The van der Waals surface area contributed by atoms with E-state index >= 15 is 0 Å². The molecule has 1 heterocycles. The maximum Gasteiger partial charge on any atom is 0.306 e. The van der Waals surface area contributed by atoms with Crippen molar-refractivity contribution in [2.24, 2.45) is 5.92 Å². The van der Waals surface area contributed by atoms with Crippen LogP contribution in [-0.4, -0.2) is 22.1 Å². The van der Waals surface area contributed by atoms with E-state index in [-0.39, 0.29) is 12.0 Å². The first-order chi connectivity index (χ1) is 8.15. The number of aromatic nitrogens is 1. The maximum absolute atomic E-state index is 11.0. The normalized spacial score (nSPS) is 24.3. The van der Waals surface area contributed by atoms with Gasteiger partial charge in [-0.1, -0.05) is 6.42 Å². The standard InChI is InChI=1S/C13H18N2O2/c1-9-7-12(5-6-14-9)15-11-4-2-3-10(8-11)13(16)17/h5-7,10-11H,2-4,8H2,1H3,(H,14,15)(H,16,17). The zero-order valence-electron chi connectivity index (χ0n) is 10.0. The highest BCUT2D eigenvalue weighted by Gasteiger charge is 2.26. The van der Waals surface area contributed by atoms with Crippen molar-refractivity contribution in [3.05, 3.63) is 24.0 Å². The molecule has 2 N–H and O–H groups in total. The number of nitrogens with zero attached hydrogens (tertiary/aromatic N) is 1. The van der Waals surface area contributed by atoms with E-state index in [2.05, 4.69) is 10.3 Å². The molecule has 1 saturated carbocycles. The van der Waals surface area contributed by atoms with Crippen LogP contribution in [0, 0.1) is 12.8 Å². The highest BCUT2D eigenvalue weighted by atomic mass is 16.4. The Morgan fingerprint density at radius 1 is 1.53 bits per heavy atom. The second-order valence-electron chi connectivity index (χ2n) is 4.73. The lowest BCUT2D eigenvalue weighted by Crippen LogP contribution is -2.30. The summed E-state index contributed by atoms with van der Waals surface area (Å²) in [5.41, 5.74) is 2.01. The number of carboxylic acids is 1. The lowest BCUT2D eigenvalue weighted by atomic mass is 9.85. The van der Waals surface area contributed by atoms with E-state index in [0.29, 0.717) is 0 Å². The molecule has 0 aliphatic heterocycles. The molecule has 0 saturated heterocycles. The maximum atomic E-state index is 11.0. The third-order valence-corrected chi connectivity index (χ3v) is 3.29. The summed E-state index contributed by atoms with van der Waals surface area (Å²) in [5.74, 6) is -0.855. The van der Waals surface area contributed by atoms with E-state index in [1.54, 1.807) is 6.20 Å². The van der Waals surface area contributed by atoms with Crippen molar-refractivity contribution in [1.82, 2.24) is 4.98 Å². The summed E-state index contributed by atoms with van der Waals surface area (Å²) in [4.78, 5) is 15.1. The lowest BCUT2D eigenvalue weighted by Gasteiger charge is -2.28. The van der Waals surface area contributed by atoms with Crippen LogP contribution < -0.4 is 5.32 Å². The van der Waals surface area contributed by atoms with Crippen molar-refractivity contribution in [2.75, 3.05) is 5.32 Å². The summed E-state index contributed by atoms with van der Waals surface area (Å²) in [5, 5.41) is 12.4. The number of anilines is 1. The predicted octanol–water partition coefficient (Wildman–Crippen LogP) is 2.45. The first-order valence-corrected chi connectivity index (χ1v) is 6.07. The van der Waals surface area contributed by atoms with E-state index in [9.17, 15) is 4.79 Å². The molecule has 2 rings (SSSR count). The number of rotatable bonds is 3. The Kier molecular flexibility index (Phi) is 3.61. The fraction of sp³-hybridized carbons (Fsp3) is 0.538. The smallest absolute Gasteiger partial charge is 0.306 e. The molecule has 0 radical (unpaired) electrons. The van der Waals surface area contributed by atoms with Crippen molar-refractivity contribution in [3.63, 3.8) is 0 Å². The number of carboxylic acid groups (broad SMARTS) is 1. The van der Waals surface area contributed by atoms with E-state index in [1.807, 2.05) is 19.1 Å². The Hall–Kier alpha value is -1.58. The van der Waals surface area contributed by atoms with Crippen LogP contribution in [0.2, 0.25) is 0 Å². The van der Waals surface area contributed by atoms with Gasteiger partial charge in [0.2, 0.25) is 0 Å². The molecule has 4 nitrogen and oxygen atoms in total. The summed E-state index contributed by atoms with van der Waals surface area (Å²) in [7, 11) is 0. The molecule has 1 aromatic rings. The van der Waals surface area contributed by atoms with Gasteiger partial charge in [-0.3, -0.25) is 9.78 Å². The van der Waals surface area contributed by atoms with Gasteiger partial charge in [-0.25, -0.2) is 0 Å². The summed E-state index contributed by atoms with van der Waals surface area (Å²) in [6.45, 7) is 1.95. The minimum atomic E-state index is -0.664. The highest BCUT2D eigenvalue weighted by molar-refractivity contribution is 5.70. The van der Waals surface area contributed by atoms with Gasteiger partial charge in [0, 0.05) is 23.6 Å². The van der Waals surface area contributed by atoms with Crippen molar-refractivity contribution in [2.45, 2.75) is 38.6 Å². The molecular formula is C13H18N2O2. The van der Waals surface area contributed by atoms with Gasteiger partial charge in [0.1, 0.15) is 0 Å². The number of aliphatic carboxylic acids is 1. The van der Waals surface area contributed by atoms with Crippen molar-refractivity contribution < 1.29 is 9.90 Å². The van der Waals surface area contributed by atoms with Gasteiger partial charge in [-0.15, -0.1) is 0 Å². The van der Waals surface area contributed by atoms with Crippen LogP contribution in [0.15, 0.2) is 18.3 Å². The summed E-state index contributed by atoms with van der Waals surface area (Å²) in [6.07, 6.45) is 5.33. The van der Waals surface area contributed by atoms with Gasteiger partial charge in [0.15, 0.2) is 0 Å². The quantitative estimate of drug-likeness (QED) is 0.843. The Bertz CT molecular complexity index is 406. The Balaban J connectivity index is 1.97. The van der Waals surface area contributed by atoms with Crippen LogP contribution >= 0.6 is 0 Å². The Labute approximate surface area is 101 Å². The molecule has 92 valence electrons. The summed E-state index contributed by atoms with van der Waals surface area (Å²) < 4.78 is 0. The SMILES string of the molecule is Cc1cc(NC2CCCC(C(=O)O)C2)ccn1. The number of hydrogen-bond acceptors (Lipinski definition) is 3. The number of aryl methyl sites for hydroxylation is 1. The molecule has 2 unspecified atom stereocenters. The monoisotopic (exact) mass is 234 g/mol. The van der Waals surface area contributed by atoms with Gasteiger partial charge >= 0.3 is 5.97 Å². The number of pyridine rings is 1. The molecule has 1 aliphatic rings. The zero-order valence-corrected chi connectivity index (χ0v) is 10.0. The summed E-state index contributed by atoms with van der Waals surface area (Å²) in [6, 6.07) is 4.19. The van der Waals surface area contributed by atoms with Crippen molar-refractivity contribution >= 4 is 11.7 Å². The van der Waals surface area contributed by atoms with Gasteiger partial charge < -0.3 is 10.4 Å². The fourth-order valence-electron chi connectivity index (χ4n) is 2.42. The molecule has 0 amide bonds. The Morgan fingerprint density at radius 2 is 2.35 bits per heavy atom. The van der Waals surface area contributed by atoms with Crippen molar-refractivity contribution in [1.29, 1.82) is 0 Å². The number of hydrogen-bond donors (Lipinski definition) is 2. The first kappa shape index (κ1) is 11.9. The third kappa shape index (κ3) is 3.19. The molecule has 1 aromatic heterocycles. The first-order valence-electron chi connectivity index (χ1n) is 6.07. The minimum Gasteiger partial charge on any atom is -0.481 e. The minimum absolute atomic E-state index is 0.191. The molecule has 17 heavy (non-hydrogen) atoms. The van der Waals surface area contributed by atoms with Gasteiger partial charge in [0.05, 0.1) is 5.92 Å². The van der Waals surface area contributed by atoms with Gasteiger partial charge in [-0.05, 0) is 38.3 Å². The Morgan fingerprint density at radius 3 is 3.06 bits per heavy atom. The van der Waals surface area contributed by atoms with Crippen molar-refractivity contribution in [3.8, 4) is 0 Å². The van der Waals surface area contributed by atoms with Gasteiger partial charge in [0.25, 0.3) is 0 Å². The average molecular weight is 234 g/mol. The van der Waals surface area contributed by atoms with E-state index in [4.69, 9.17) is 5.11 Å². The van der Waals surface area contributed by atoms with E-state index < -0.39 is 5.97 Å². The molecular weight excluding hydrogens is 216 g/mol. The molecule has 0 spiro atoms. The average Bonchev–Trinajstić information content (AvgIpc) is 2.29. The molecule has 2 atom stereocenters. The highest BCUT2D eigenvalue weighted by Crippen LogP contribution is 2.26.